The maximum atomic E-state index is 5.93. The van der Waals surface area contributed by atoms with E-state index in [0.717, 1.165) is 17.1 Å². The molecule has 0 aliphatic heterocycles. The van der Waals surface area contributed by atoms with Gasteiger partial charge in [0.1, 0.15) is 18.1 Å². The van der Waals surface area contributed by atoms with Gasteiger partial charge in [-0.1, -0.05) is 35.9 Å². The van der Waals surface area contributed by atoms with Crippen LogP contribution in [0.1, 0.15) is 22.3 Å². The van der Waals surface area contributed by atoms with E-state index >= 15 is 0 Å². The standard InChI is InChI=1S/C24H26O2S/c1-17-7-9-22(10-8-17)26-16-20-5-4-6-21(15-20)24-18(2)13-23(14-19(24)3)25-11-12-27/h4-10,13-15,27H,11-12,16H2,1-3H3. The molecule has 140 valence electrons. The normalized spacial score (nSPS) is 10.7. The van der Waals surface area contributed by atoms with E-state index in [0.29, 0.717) is 19.0 Å². The monoisotopic (exact) mass is 378 g/mol. The molecule has 0 spiro atoms. The van der Waals surface area contributed by atoms with Crippen LogP contribution in [0.5, 0.6) is 11.5 Å². The molecule has 0 heterocycles. The predicted octanol–water partition coefficient (Wildman–Crippen LogP) is 6.17. The Labute approximate surface area is 167 Å². The lowest BCUT2D eigenvalue weighted by Gasteiger charge is -2.15. The number of rotatable bonds is 7. The van der Waals surface area contributed by atoms with Gasteiger partial charge in [-0.2, -0.15) is 12.6 Å². The van der Waals surface area contributed by atoms with Gasteiger partial charge in [0.05, 0.1) is 6.61 Å². The molecule has 0 aliphatic carbocycles. The summed E-state index contributed by atoms with van der Waals surface area (Å²) in [6.45, 7) is 7.51. The molecule has 0 radical (unpaired) electrons. The second-order valence-electron chi connectivity index (χ2n) is 6.81. The summed E-state index contributed by atoms with van der Waals surface area (Å²) in [5.41, 5.74) is 7.27. The Bertz CT molecular complexity index is 878. The molecule has 27 heavy (non-hydrogen) atoms. The lowest BCUT2D eigenvalue weighted by atomic mass is 9.94. The fourth-order valence-corrected chi connectivity index (χ4v) is 3.34. The molecular formula is C24H26O2S. The van der Waals surface area contributed by atoms with Gasteiger partial charge in [-0.05, 0) is 78.9 Å². The minimum absolute atomic E-state index is 0.554. The quantitative estimate of drug-likeness (QED) is 0.496. The summed E-state index contributed by atoms with van der Waals surface area (Å²) >= 11 is 4.21. The minimum atomic E-state index is 0.554. The molecule has 3 aromatic rings. The summed E-state index contributed by atoms with van der Waals surface area (Å²) in [4.78, 5) is 0. The zero-order valence-electron chi connectivity index (χ0n) is 16.2. The van der Waals surface area contributed by atoms with Crippen molar-refractivity contribution in [1.82, 2.24) is 0 Å². The lowest BCUT2D eigenvalue weighted by molar-refractivity contribution is 0.306. The Kier molecular flexibility index (Phi) is 6.46. The molecular weight excluding hydrogens is 352 g/mol. The fraction of sp³-hybridized carbons (Fsp3) is 0.250. The molecule has 0 aliphatic rings. The van der Waals surface area contributed by atoms with Gasteiger partial charge in [-0.3, -0.25) is 0 Å². The van der Waals surface area contributed by atoms with Crippen molar-refractivity contribution in [2.24, 2.45) is 0 Å². The molecule has 0 N–H and O–H groups in total. The molecule has 3 heteroatoms. The number of benzene rings is 3. The lowest BCUT2D eigenvalue weighted by Crippen LogP contribution is -2.00. The summed E-state index contributed by atoms with van der Waals surface area (Å²) in [6.07, 6.45) is 0. The fourth-order valence-electron chi connectivity index (χ4n) is 3.24. The van der Waals surface area contributed by atoms with Crippen molar-refractivity contribution < 1.29 is 9.47 Å². The van der Waals surface area contributed by atoms with Crippen LogP contribution in [0.4, 0.5) is 0 Å². The van der Waals surface area contributed by atoms with E-state index < -0.39 is 0 Å². The van der Waals surface area contributed by atoms with Crippen molar-refractivity contribution in [2.45, 2.75) is 27.4 Å². The highest BCUT2D eigenvalue weighted by Crippen LogP contribution is 2.31. The third kappa shape index (κ3) is 5.08. The van der Waals surface area contributed by atoms with Crippen molar-refractivity contribution in [2.75, 3.05) is 12.4 Å². The van der Waals surface area contributed by atoms with E-state index in [4.69, 9.17) is 9.47 Å². The largest absolute Gasteiger partial charge is 0.493 e. The van der Waals surface area contributed by atoms with Crippen LogP contribution < -0.4 is 9.47 Å². The van der Waals surface area contributed by atoms with Crippen LogP contribution in [0.25, 0.3) is 11.1 Å². The van der Waals surface area contributed by atoms with Crippen LogP contribution in [-0.2, 0) is 6.61 Å². The van der Waals surface area contributed by atoms with Crippen molar-refractivity contribution in [3.05, 3.63) is 82.9 Å². The molecule has 0 saturated carbocycles. The van der Waals surface area contributed by atoms with Gasteiger partial charge in [0.25, 0.3) is 0 Å². The van der Waals surface area contributed by atoms with Gasteiger partial charge in [-0.25, -0.2) is 0 Å². The van der Waals surface area contributed by atoms with Gasteiger partial charge < -0.3 is 9.47 Å². The second-order valence-corrected chi connectivity index (χ2v) is 7.25. The smallest absolute Gasteiger partial charge is 0.119 e. The Balaban J connectivity index is 1.79. The Morgan fingerprint density at radius 3 is 2.15 bits per heavy atom. The van der Waals surface area contributed by atoms with Crippen LogP contribution in [-0.4, -0.2) is 12.4 Å². The Morgan fingerprint density at radius 2 is 1.48 bits per heavy atom. The summed E-state index contributed by atoms with van der Waals surface area (Å²) in [7, 11) is 0. The van der Waals surface area contributed by atoms with Gasteiger partial charge in [0, 0.05) is 5.75 Å². The highest BCUT2D eigenvalue weighted by atomic mass is 32.1. The molecule has 3 rings (SSSR count). The van der Waals surface area contributed by atoms with E-state index in [1.54, 1.807) is 0 Å². The molecule has 3 aromatic carbocycles. The number of hydrogen-bond donors (Lipinski definition) is 1. The Morgan fingerprint density at radius 1 is 0.778 bits per heavy atom. The zero-order valence-corrected chi connectivity index (χ0v) is 17.1. The first kappa shape index (κ1) is 19.4. The second kappa shape index (κ2) is 9.01. The molecule has 2 nitrogen and oxygen atoms in total. The highest BCUT2D eigenvalue weighted by Gasteiger charge is 2.09. The first-order chi connectivity index (χ1) is 13.1. The van der Waals surface area contributed by atoms with Crippen molar-refractivity contribution >= 4 is 12.6 Å². The summed E-state index contributed by atoms with van der Waals surface area (Å²) < 4.78 is 11.7. The van der Waals surface area contributed by atoms with E-state index in [1.165, 1.54) is 27.8 Å². The predicted molar refractivity (Wildman–Crippen MR) is 116 cm³/mol. The summed E-state index contributed by atoms with van der Waals surface area (Å²) in [5.74, 6) is 2.51. The topological polar surface area (TPSA) is 18.5 Å². The molecule has 0 atom stereocenters. The number of thiol groups is 1. The first-order valence-corrected chi connectivity index (χ1v) is 9.84. The van der Waals surface area contributed by atoms with Crippen LogP contribution in [0.2, 0.25) is 0 Å². The molecule has 0 fully saturated rings. The summed E-state index contributed by atoms with van der Waals surface area (Å²) in [6, 6.07) is 20.9. The Hall–Kier alpha value is -2.39. The van der Waals surface area contributed by atoms with Gasteiger partial charge >= 0.3 is 0 Å². The number of aryl methyl sites for hydroxylation is 3. The molecule has 0 aromatic heterocycles. The maximum absolute atomic E-state index is 5.93. The molecule has 0 saturated heterocycles. The number of ether oxygens (including phenoxy) is 2. The van der Waals surface area contributed by atoms with Crippen LogP contribution in [0.15, 0.2) is 60.7 Å². The molecule has 0 unspecified atom stereocenters. The third-order valence-corrected chi connectivity index (χ3v) is 4.69. The van der Waals surface area contributed by atoms with Crippen LogP contribution >= 0.6 is 12.6 Å². The van der Waals surface area contributed by atoms with Crippen molar-refractivity contribution in [3.63, 3.8) is 0 Å². The summed E-state index contributed by atoms with van der Waals surface area (Å²) in [5, 5.41) is 0. The van der Waals surface area contributed by atoms with Gasteiger partial charge in [-0.15, -0.1) is 0 Å². The maximum Gasteiger partial charge on any atom is 0.119 e. The number of hydrogen-bond acceptors (Lipinski definition) is 3. The van der Waals surface area contributed by atoms with Crippen LogP contribution in [0, 0.1) is 20.8 Å². The van der Waals surface area contributed by atoms with E-state index in [1.807, 2.05) is 12.1 Å². The highest BCUT2D eigenvalue weighted by molar-refractivity contribution is 7.80. The average Bonchev–Trinajstić information content (AvgIpc) is 2.66. The first-order valence-electron chi connectivity index (χ1n) is 9.20. The minimum Gasteiger partial charge on any atom is -0.493 e. The van der Waals surface area contributed by atoms with Crippen molar-refractivity contribution in [3.8, 4) is 22.6 Å². The molecule has 0 bridgehead atoms. The third-order valence-electron chi connectivity index (χ3n) is 4.51. The van der Waals surface area contributed by atoms with Crippen molar-refractivity contribution in [1.29, 1.82) is 0 Å². The average molecular weight is 379 g/mol. The van der Waals surface area contributed by atoms with E-state index in [-0.39, 0.29) is 0 Å². The van der Waals surface area contributed by atoms with Gasteiger partial charge in [0.15, 0.2) is 0 Å². The SMILES string of the molecule is Cc1ccc(OCc2cccc(-c3c(C)cc(OCCS)cc3C)c2)cc1. The van der Waals surface area contributed by atoms with Crippen LogP contribution in [0.3, 0.4) is 0 Å². The van der Waals surface area contributed by atoms with E-state index in [2.05, 4.69) is 81.9 Å². The molecule has 0 amide bonds. The van der Waals surface area contributed by atoms with Gasteiger partial charge in [0.2, 0.25) is 0 Å². The van der Waals surface area contributed by atoms with E-state index in [9.17, 15) is 0 Å². The zero-order chi connectivity index (χ0) is 19.2.